The van der Waals surface area contributed by atoms with Gasteiger partial charge in [-0.15, -0.1) is 0 Å². The number of esters is 1. The largest absolute Gasteiger partial charge is 0.469 e. The lowest BCUT2D eigenvalue weighted by atomic mass is 10.2. The van der Waals surface area contributed by atoms with E-state index in [-0.39, 0.29) is 5.56 Å². The maximum Gasteiger partial charge on any atom is 0.451 e. The Labute approximate surface area is 104 Å². The van der Waals surface area contributed by atoms with Crippen LogP contribution in [-0.4, -0.2) is 23.0 Å². The molecule has 17 heavy (non-hydrogen) atoms. The lowest BCUT2D eigenvalue weighted by Gasteiger charge is -2.09. The molecule has 1 rings (SSSR count). The third-order valence-corrected chi connectivity index (χ3v) is 2.33. The molecule has 9 heteroatoms. The predicted octanol–water partition coefficient (Wildman–Crippen LogP) is 2.52. The number of carbonyl (C=O) groups is 1. The molecule has 0 aliphatic carbocycles. The maximum atomic E-state index is 12.3. The van der Waals surface area contributed by atoms with E-state index in [0.29, 0.717) is 0 Å². The molecule has 0 amide bonds. The van der Waals surface area contributed by atoms with E-state index >= 15 is 0 Å². The second-order valence-electron chi connectivity index (χ2n) is 2.86. The summed E-state index contributed by atoms with van der Waals surface area (Å²) in [6.45, 7) is 0. The Hall–Kier alpha value is -1.08. The molecule has 0 aliphatic rings. The average molecular weight is 289 g/mol. The van der Waals surface area contributed by atoms with Crippen LogP contribution >= 0.6 is 23.2 Å². The number of alkyl halides is 3. The van der Waals surface area contributed by atoms with Crippen molar-refractivity contribution in [2.75, 3.05) is 7.11 Å². The first-order valence-corrected chi connectivity index (χ1v) is 4.87. The Morgan fingerprint density at radius 3 is 2.12 bits per heavy atom. The molecule has 0 saturated heterocycles. The first-order valence-electron chi connectivity index (χ1n) is 4.11. The van der Waals surface area contributed by atoms with Crippen LogP contribution < -0.4 is 0 Å². The van der Waals surface area contributed by atoms with E-state index in [2.05, 4.69) is 14.7 Å². The highest BCUT2D eigenvalue weighted by molar-refractivity contribution is 6.34. The topological polar surface area (TPSA) is 52.1 Å². The fraction of sp³-hybridized carbons (Fsp3) is 0.375. The minimum absolute atomic E-state index is 0.104. The molecule has 0 unspecified atom stereocenters. The van der Waals surface area contributed by atoms with Gasteiger partial charge in [-0.2, -0.15) is 13.2 Å². The molecule has 0 bridgehead atoms. The number of methoxy groups -OCH3 is 1. The van der Waals surface area contributed by atoms with Crippen LogP contribution in [0.25, 0.3) is 0 Å². The van der Waals surface area contributed by atoms with Crippen molar-refractivity contribution in [3.05, 3.63) is 21.7 Å². The smallest absolute Gasteiger partial charge is 0.451 e. The second kappa shape index (κ2) is 5.05. The lowest BCUT2D eigenvalue weighted by molar-refractivity contribution is -0.145. The summed E-state index contributed by atoms with van der Waals surface area (Å²) in [5, 5.41) is -1.05. The highest BCUT2D eigenvalue weighted by atomic mass is 35.5. The number of carbonyl (C=O) groups excluding carboxylic acids is 1. The van der Waals surface area contributed by atoms with E-state index in [1.165, 1.54) is 0 Å². The monoisotopic (exact) mass is 288 g/mol. The van der Waals surface area contributed by atoms with E-state index < -0.39 is 34.7 Å². The van der Waals surface area contributed by atoms with Crippen molar-refractivity contribution >= 4 is 29.2 Å². The van der Waals surface area contributed by atoms with Crippen molar-refractivity contribution in [2.45, 2.75) is 12.6 Å². The first kappa shape index (κ1) is 14.0. The summed E-state index contributed by atoms with van der Waals surface area (Å²) < 4.78 is 41.2. The predicted molar refractivity (Wildman–Crippen MR) is 52.8 cm³/mol. The van der Waals surface area contributed by atoms with Gasteiger partial charge in [0.05, 0.1) is 13.5 Å². The third kappa shape index (κ3) is 3.44. The number of hydrogen-bond donors (Lipinski definition) is 0. The van der Waals surface area contributed by atoms with Crippen LogP contribution in [0.5, 0.6) is 0 Å². The van der Waals surface area contributed by atoms with Gasteiger partial charge in [0.1, 0.15) is 10.3 Å². The standard InChI is InChI=1S/C8H5Cl2F3N2O2/c1-17-4(16)2-3-5(9)14-7(8(11,12)13)15-6(3)10/h2H2,1H3. The van der Waals surface area contributed by atoms with Crippen molar-refractivity contribution in [3.63, 3.8) is 0 Å². The molecule has 0 saturated carbocycles. The molecular weight excluding hydrogens is 284 g/mol. The Morgan fingerprint density at radius 2 is 1.76 bits per heavy atom. The molecule has 0 atom stereocenters. The van der Waals surface area contributed by atoms with E-state index in [0.717, 1.165) is 7.11 Å². The summed E-state index contributed by atoms with van der Waals surface area (Å²) in [6, 6.07) is 0. The molecule has 0 spiro atoms. The van der Waals surface area contributed by atoms with Gasteiger partial charge in [0.25, 0.3) is 0 Å². The molecule has 1 heterocycles. The fourth-order valence-electron chi connectivity index (χ4n) is 0.920. The number of halogens is 5. The van der Waals surface area contributed by atoms with E-state index in [1.54, 1.807) is 0 Å². The van der Waals surface area contributed by atoms with Crippen molar-refractivity contribution in [1.82, 2.24) is 9.97 Å². The number of hydrogen-bond acceptors (Lipinski definition) is 4. The van der Waals surface area contributed by atoms with Gasteiger partial charge in [0.2, 0.25) is 5.82 Å². The van der Waals surface area contributed by atoms with Crippen LogP contribution in [-0.2, 0) is 22.1 Å². The lowest BCUT2D eigenvalue weighted by Crippen LogP contribution is -2.14. The van der Waals surface area contributed by atoms with Gasteiger partial charge < -0.3 is 4.74 Å². The minimum Gasteiger partial charge on any atom is -0.469 e. The summed E-state index contributed by atoms with van der Waals surface area (Å²) in [6.07, 6.45) is -5.15. The highest BCUT2D eigenvalue weighted by Gasteiger charge is 2.36. The Bertz CT molecular complexity index is 428. The zero-order valence-corrected chi connectivity index (χ0v) is 9.82. The van der Waals surface area contributed by atoms with E-state index in [9.17, 15) is 18.0 Å². The molecule has 4 nitrogen and oxygen atoms in total. The summed E-state index contributed by atoms with van der Waals surface area (Å²) >= 11 is 11.0. The first-order chi connectivity index (χ1) is 7.75. The molecular formula is C8H5Cl2F3N2O2. The number of nitrogens with zero attached hydrogens (tertiary/aromatic N) is 2. The number of aromatic nitrogens is 2. The van der Waals surface area contributed by atoms with Gasteiger partial charge in [-0.3, -0.25) is 4.79 Å². The molecule has 1 aromatic rings. The maximum absolute atomic E-state index is 12.3. The molecule has 0 aromatic carbocycles. The van der Waals surface area contributed by atoms with Crippen LogP contribution in [0.4, 0.5) is 13.2 Å². The van der Waals surface area contributed by atoms with Crippen molar-refractivity contribution < 1.29 is 22.7 Å². The SMILES string of the molecule is COC(=O)Cc1c(Cl)nc(C(F)(F)F)nc1Cl. The average Bonchev–Trinajstić information content (AvgIpc) is 2.21. The molecule has 1 aromatic heterocycles. The highest BCUT2D eigenvalue weighted by Crippen LogP contribution is 2.30. The quantitative estimate of drug-likeness (QED) is 0.620. The fourth-order valence-corrected chi connectivity index (χ4v) is 1.44. The van der Waals surface area contributed by atoms with Crippen LogP contribution in [0.1, 0.15) is 11.4 Å². The van der Waals surface area contributed by atoms with Gasteiger partial charge >= 0.3 is 12.1 Å². The molecule has 94 valence electrons. The summed E-state index contributed by atoms with van der Waals surface area (Å²) in [5.41, 5.74) is -0.104. The van der Waals surface area contributed by atoms with Crippen LogP contribution in [0, 0.1) is 0 Å². The second-order valence-corrected chi connectivity index (χ2v) is 3.57. The summed E-state index contributed by atoms with van der Waals surface area (Å²) in [4.78, 5) is 17.0. The van der Waals surface area contributed by atoms with Crippen LogP contribution in [0.15, 0.2) is 0 Å². The minimum atomic E-state index is -4.75. The summed E-state index contributed by atoms with van der Waals surface area (Å²) in [5.74, 6) is -2.17. The van der Waals surface area contributed by atoms with E-state index in [1.807, 2.05) is 0 Å². The zero-order chi connectivity index (χ0) is 13.2. The van der Waals surface area contributed by atoms with Crippen molar-refractivity contribution in [3.8, 4) is 0 Å². The van der Waals surface area contributed by atoms with Gasteiger partial charge in [-0.05, 0) is 0 Å². The molecule has 0 N–H and O–H groups in total. The van der Waals surface area contributed by atoms with Crippen molar-refractivity contribution in [1.29, 1.82) is 0 Å². The van der Waals surface area contributed by atoms with Crippen molar-refractivity contribution in [2.24, 2.45) is 0 Å². The molecule has 0 radical (unpaired) electrons. The zero-order valence-electron chi connectivity index (χ0n) is 8.31. The van der Waals surface area contributed by atoms with Gasteiger partial charge in [-0.25, -0.2) is 9.97 Å². The van der Waals surface area contributed by atoms with E-state index in [4.69, 9.17) is 23.2 Å². The van der Waals surface area contributed by atoms with Gasteiger partial charge in [0, 0.05) is 5.56 Å². The number of ether oxygens (including phenoxy) is 1. The third-order valence-electron chi connectivity index (χ3n) is 1.71. The Kier molecular flexibility index (Phi) is 4.16. The molecule has 0 aliphatic heterocycles. The van der Waals surface area contributed by atoms with Crippen LogP contribution in [0.2, 0.25) is 10.3 Å². The normalized spacial score (nSPS) is 11.4. The Morgan fingerprint density at radius 1 is 1.29 bits per heavy atom. The Balaban J connectivity index is 3.15. The van der Waals surface area contributed by atoms with Crippen LogP contribution in [0.3, 0.4) is 0 Å². The molecule has 0 fully saturated rings. The summed E-state index contributed by atoms with van der Waals surface area (Å²) in [7, 11) is 1.12. The van der Waals surface area contributed by atoms with Gasteiger partial charge in [0.15, 0.2) is 0 Å². The number of rotatable bonds is 2. The van der Waals surface area contributed by atoms with Gasteiger partial charge in [-0.1, -0.05) is 23.2 Å².